The third-order valence-electron chi connectivity index (χ3n) is 3.23. The maximum absolute atomic E-state index is 5.82. The van der Waals surface area contributed by atoms with E-state index in [0.717, 1.165) is 13.0 Å². The summed E-state index contributed by atoms with van der Waals surface area (Å²) in [5.74, 6) is 0. The Kier molecular flexibility index (Phi) is 4.89. The molecule has 1 aliphatic rings. The van der Waals surface area contributed by atoms with Crippen LogP contribution in [-0.2, 0) is 4.74 Å². The predicted molar refractivity (Wildman–Crippen MR) is 62.8 cm³/mol. The van der Waals surface area contributed by atoms with Crippen molar-refractivity contribution >= 4 is 12.4 Å². The van der Waals surface area contributed by atoms with Crippen LogP contribution in [0.1, 0.15) is 40.0 Å². The first-order valence-electron chi connectivity index (χ1n) is 5.14. The van der Waals surface area contributed by atoms with Gasteiger partial charge in [-0.3, -0.25) is 0 Å². The minimum Gasteiger partial charge on any atom is -0.381 e. The molecule has 0 spiro atoms. The highest BCUT2D eigenvalue weighted by molar-refractivity contribution is 5.85. The van der Waals surface area contributed by atoms with Gasteiger partial charge in [-0.05, 0) is 36.6 Å². The van der Waals surface area contributed by atoms with Gasteiger partial charge < -0.3 is 10.5 Å². The molecule has 0 bridgehead atoms. The van der Waals surface area contributed by atoms with E-state index in [0.29, 0.717) is 11.5 Å². The van der Waals surface area contributed by atoms with Crippen molar-refractivity contribution in [3.8, 4) is 0 Å². The van der Waals surface area contributed by atoms with E-state index in [1.807, 2.05) is 7.11 Å². The third-order valence-corrected chi connectivity index (χ3v) is 3.23. The van der Waals surface area contributed by atoms with Gasteiger partial charge in [0.15, 0.2) is 0 Å². The molecule has 0 amide bonds. The third kappa shape index (κ3) is 3.41. The molecule has 0 aromatic carbocycles. The fourth-order valence-electron chi connectivity index (χ4n) is 2.86. The molecule has 2 atom stereocenters. The molecule has 0 saturated heterocycles. The molecule has 0 aromatic rings. The molecule has 2 N–H and O–H groups in total. The van der Waals surface area contributed by atoms with Crippen LogP contribution in [0.5, 0.6) is 0 Å². The van der Waals surface area contributed by atoms with Crippen molar-refractivity contribution in [1.82, 2.24) is 0 Å². The number of nitrogens with two attached hydrogens (primary N) is 1. The maximum atomic E-state index is 5.82. The van der Waals surface area contributed by atoms with E-state index in [4.69, 9.17) is 10.5 Å². The molecule has 1 aliphatic carbocycles. The van der Waals surface area contributed by atoms with Gasteiger partial charge in [-0.2, -0.15) is 0 Å². The van der Waals surface area contributed by atoms with Gasteiger partial charge in [0.25, 0.3) is 0 Å². The van der Waals surface area contributed by atoms with E-state index in [1.54, 1.807) is 0 Å². The van der Waals surface area contributed by atoms with Crippen LogP contribution in [0.2, 0.25) is 0 Å². The summed E-state index contributed by atoms with van der Waals surface area (Å²) >= 11 is 0. The Morgan fingerprint density at radius 2 is 1.86 bits per heavy atom. The lowest BCUT2D eigenvalue weighted by atomic mass is 9.63. The Morgan fingerprint density at radius 1 is 1.29 bits per heavy atom. The highest BCUT2D eigenvalue weighted by Gasteiger charge is 2.40. The molecule has 1 rings (SSSR count). The zero-order chi connectivity index (χ0) is 10.1. The topological polar surface area (TPSA) is 35.2 Å². The highest BCUT2D eigenvalue weighted by atomic mass is 35.5. The minimum absolute atomic E-state index is 0. The number of methoxy groups -OCH3 is 1. The lowest BCUT2D eigenvalue weighted by Crippen LogP contribution is -2.43. The zero-order valence-electron chi connectivity index (χ0n) is 9.80. The Bertz CT molecular complexity index is 184. The van der Waals surface area contributed by atoms with E-state index in [1.165, 1.54) is 12.8 Å². The summed E-state index contributed by atoms with van der Waals surface area (Å²) in [6, 6.07) is 0. The van der Waals surface area contributed by atoms with Gasteiger partial charge in [0.2, 0.25) is 0 Å². The summed E-state index contributed by atoms with van der Waals surface area (Å²) < 4.78 is 5.47. The Labute approximate surface area is 94.0 Å². The molecule has 0 aromatic heterocycles. The molecular formula is C11H24ClNO. The predicted octanol–water partition coefficient (Wildman–Crippen LogP) is 2.60. The van der Waals surface area contributed by atoms with Crippen molar-refractivity contribution in [3.63, 3.8) is 0 Å². The average molecular weight is 222 g/mol. The second kappa shape index (κ2) is 4.82. The van der Waals surface area contributed by atoms with Crippen molar-refractivity contribution in [3.05, 3.63) is 0 Å². The lowest BCUT2D eigenvalue weighted by molar-refractivity contribution is -0.0302. The van der Waals surface area contributed by atoms with Gasteiger partial charge >= 0.3 is 0 Å². The highest BCUT2D eigenvalue weighted by Crippen LogP contribution is 2.46. The van der Waals surface area contributed by atoms with Crippen molar-refractivity contribution in [2.45, 2.75) is 46.1 Å². The van der Waals surface area contributed by atoms with Crippen LogP contribution in [0.15, 0.2) is 0 Å². The molecular weight excluding hydrogens is 198 g/mol. The summed E-state index contributed by atoms with van der Waals surface area (Å²) in [4.78, 5) is 0. The van der Waals surface area contributed by atoms with Crippen LogP contribution in [-0.4, -0.2) is 19.8 Å². The second-order valence-corrected chi connectivity index (χ2v) is 5.62. The first-order valence-corrected chi connectivity index (χ1v) is 5.14. The monoisotopic (exact) mass is 221 g/mol. The quantitative estimate of drug-likeness (QED) is 0.778. The van der Waals surface area contributed by atoms with Gasteiger partial charge in [0.05, 0.1) is 6.10 Å². The normalized spacial score (nSPS) is 36.2. The van der Waals surface area contributed by atoms with Crippen molar-refractivity contribution in [1.29, 1.82) is 0 Å². The number of ether oxygens (including phenoxy) is 1. The van der Waals surface area contributed by atoms with Crippen LogP contribution in [0, 0.1) is 10.8 Å². The number of halogens is 1. The fourth-order valence-corrected chi connectivity index (χ4v) is 2.86. The van der Waals surface area contributed by atoms with E-state index in [9.17, 15) is 0 Å². The van der Waals surface area contributed by atoms with Gasteiger partial charge in [-0.25, -0.2) is 0 Å². The SMILES string of the molecule is COC1CC(C)(C)CC(C)(CN)C1.Cl. The first kappa shape index (κ1) is 14.2. The van der Waals surface area contributed by atoms with E-state index in [2.05, 4.69) is 20.8 Å². The summed E-state index contributed by atoms with van der Waals surface area (Å²) in [6.07, 6.45) is 3.90. The van der Waals surface area contributed by atoms with Crippen LogP contribution in [0.4, 0.5) is 0 Å². The Morgan fingerprint density at radius 3 is 2.29 bits per heavy atom. The van der Waals surface area contributed by atoms with E-state index in [-0.39, 0.29) is 17.8 Å². The second-order valence-electron chi connectivity index (χ2n) is 5.62. The maximum Gasteiger partial charge on any atom is 0.0582 e. The summed E-state index contributed by atoms with van der Waals surface area (Å²) in [7, 11) is 1.81. The van der Waals surface area contributed by atoms with Gasteiger partial charge in [-0.15, -0.1) is 12.4 Å². The van der Waals surface area contributed by atoms with E-state index >= 15 is 0 Å². The van der Waals surface area contributed by atoms with Gasteiger partial charge in [0.1, 0.15) is 0 Å². The molecule has 3 heteroatoms. The lowest BCUT2D eigenvalue weighted by Gasteiger charge is -2.45. The standard InChI is InChI=1S/C11H23NO.ClH/c1-10(2)5-9(13-4)6-11(3,7-10)8-12;/h9H,5-8,12H2,1-4H3;1H. The average Bonchev–Trinajstić information content (AvgIpc) is 2.01. The van der Waals surface area contributed by atoms with Gasteiger partial charge in [-0.1, -0.05) is 20.8 Å². The molecule has 0 heterocycles. The van der Waals surface area contributed by atoms with E-state index < -0.39 is 0 Å². The van der Waals surface area contributed by atoms with Gasteiger partial charge in [0, 0.05) is 7.11 Å². The molecule has 2 nitrogen and oxygen atoms in total. The fraction of sp³-hybridized carbons (Fsp3) is 1.00. The van der Waals surface area contributed by atoms with Crippen molar-refractivity contribution in [2.75, 3.05) is 13.7 Å². The zero-order valence-corrected chi connectivity index (χ0v) is 10.6. The molecule has 1 saturated carbocycles. The largest absolute Gasteiger partial charge is 0.381 e. The van der Waals surface area contributed by atoms with Crippen molar-refractivity contribution < 1.29 is 4.74 Å². The number of hydrogen-bond donors (Lipinski definition) is 1. The number of rotatable bonds is 2. The van der Waals surface area contributed by atoms with Crippen LogP contribution >= 0.6 is 12.4 Å². The van der Waals surface area contributed by atoms with Crippen LogP contribution in [0.3, 0.4) is 0 Å². The smallest absolute Gasteiger partial charge is 0.0582 e. The molecule has 0 radical (unpaired) electrons. The molecule has 86 valence electrons. The first-order chi connectivity index (χ1) is 5.91. The molecule has 2 unspecified atom stereocenters. The Balaban J connectivity index is 0.00000169. The number of hydrogen-bond acceptors (Lipinski definition) is 2. The molecule has 14 heavy (non-hydrogen) atoms. The molecule has 1 fully saturated rings. The van der Waals surface area contributed by atoms with Crippen molar-refractivity contribution in [2.24, 2.45) is 16.6 Å². The summed E-state index contributed by atoms with van der Waals surface area (Å²) in [6.45, 7) is 7.68. The van der Waals surface area contributed by atoms with Crippen LogP contribution in [0.25, 0.3) is 0 Å². The summed E-state index contributed by atoms with van der Waals surface area (Å²) in [5, 5.41) is 0. The minimum atomic E-state index is 0. The summed E-state index contributed by atoms with van der Waals surface area (Å²) in [5.41, 5.74) is 6.48. The Hall–Kier alpha value is 0.210. The van der Waals surface area contributed by atoms with Crippen LogP contribution < -0.4 is 5.73 Å². The molecule has 0 aliphatic heterocycles.